The number of nitrogens with one attached hydrogen (secondary N) is 1. The van der Waals surface area contributed by atoms with Crippen molar-refractivity contribution in [2.45, 2.75) is 6.92 Å². The molecule has 0 radical (unpaired) electrons. The summed E-state index contributed by atoms with van der Waals surface area (Å²) in [4.78, 5) is 12.3. The molecule has 1 amide bonds. The average Bonchev–Trinajstić information content (AvgIpc) is 2.49. The van der Waals surface area contributed by atoms with Gasteiger partial charge in [0, 0.05) is 5.56 Å². The molecule has 2 aromatic rings. The largest absolute Gasteiger partial charge is 0.384 e. The SMILES string of the molecule is Cc1ccc(F)c(NC(=O)c2ccccc2C#CCO)c1. The third-order valence-corrected chi connectivity index (χ3v) is 2.84. The lowest BCUT2D eigenvalue weighted by atomic mass is 10.1. The van der Waals surface area contributed by atoms with Gasteiger partial charge in [0.2, 0.25) is 0 Å². The van der Waals surface area contributed by atoms with Crippen molar-refractivity contribution in [3.05, 3.63) is 65.0 Å². The van der Waals surface area contributed by atoms with E-state index in [1.54, 1.807) is 36.4 Å². The molecule has 3 nitrogen and oxygen atoms in total. The first-order chi connectivity index (χ1) is 10.1. The van der Waals surface area contributed by atoms with Gasteiger partial charge in [0.05, 0.1) is 11.3 Å². The van der Waals surface area contributed by atoms with Crippen molar-refractivity contribution in [3.63, 3.8) is 0 Å². The molecule has 21 heavy (non-hydrogen) atoms. The van der Waals surface area contributed by atoms with Gasteiger partial charge < -0.3 is 10.4 Å². The van der Waals surface area contributed by atoms with E-state index in [1.165, 1.54) is 6.07 Å². The van der Waals surface area contributed by atoms with Crippen LogP contribution < -0.4 is 5.32 Å². The molecule has 0 aliphatic rings. The van der Waals surface area contributed by atoms with Crippen LogP contribution in [-0.2, 0) is 0 Å². The molecular formula is C17H14FNO2. The Balaban J connectivity index is 2.31. The first-order valence-electron chi connectivity index (χ1n) is 6.38. The molecule has 2 aromatic carbocycles. The van der Waals surface area contributed by atoms with Crippen molar-refractivity contribution in [2.24, 2.45) is 0 Å². The number of aryl methyl sites for hydroxylation is 1. The van der Waals surface area contributed by atoms with Gasteiger partial charge in [-0.25, -0.2) is 4.39 Å². The van der Waals surface area contributed by atoms with Crippen molar-refractivity contribution >= 4 is 11.6 Å². The van der Waals surface area contributed by atoms with Crippen molar-refractivity contribution < 1.29 is 14.3 Å². The van der Waals surface area contributed by atoms with Crippen LogP contribution in [0.2, 0.25) is 0 Å². The average molecular weight is 283 g/mol. The van der Waals surface area contributed by atoms with E-state index in [-0.39, 0.29) is 12.3 Å². The molecule has 0 spiro atoms. The molecule has 0 fully saturated rings. The fourth-order valence-electron chi connectivity index (χ4n) is 1.85. The van der Waals surface area contributed by atoms with E-state index in [4.69, 9.17) is 5.11 Å². The topological polar surface area (TPSA) is 49.3 Å². The molecule has 0 heterocycles. The van der Waals surface area contributed by atoms with Gasteiger partial charge >= 0.3 is 0 Å². The highest BCUT2D eigenvalue weighted by molar-refractivity contribution is 6.06. The van der Waals surface area contributed by atoms with Gasteiger partial charge in [0.1, 0.15) is 12.4 Å². The molecule has 0 aliphatic heterocycles. The van der Waals surface area contributed by atoms with Gasteiger partial charge in [-0.05, 0) is 36.8 Å². The molecule has 0 aliphatic carbocycles. The quantitative estimate of drug-likeness (QED) is 0.833. The molecule has 2 rings (SSSR count). The Kier molecular flexibility index (Phi) is 4.70. The van der Waals surface area contributed by atoms with Gasteiger partial charge in [-0.2, -0.15) is 0 Å². The van der Waals surface area contributed by atoms with Crippen LogP contribution in [0.4, 0.5) is 10.1 Å². The van der Waals surface area contributed by atoms with Crippen LogP contribution in [0, 0.1) is 24.6 Å². The monoisotopic (exact) mass is 283 g/mol. The third kappa shape index (κ3) is 3.68. The highest BCUT2D eigenvalue weighted by Gasteiger charge is 2.12. The predicted molar refractivity (Wildman–Crippen MR) is 79.5 cm³/mol. The minimum absolute atomic E-state index is 0.130. The van der Waals surface area contributed by atoms with E-state index in [0.717, 1.165) is 5.56 Å². The van der Waals surface area contributed by atoms with Crippen LogP contribution in [0.3, 0.4) is 0 Å². The first kappa shape index (κ1) is 14.8. The second kappa shape index (κ2) is 6.69. The zero-order chi connectivity index (χ0) is 15.2. The van der Waals surface area contributed by atoms with E-state index in [2.05, 4.69) is 17.2 Å². The van der Waals surface area contributed by atoms with E-state index in [1.807, 2.05) is 6.92 Å². The van der Waals surface area contributed by atoms with Crippen molar-refractivity contribution in [2.75, 3.05) is 11.9 Å². The van der Waals surface area contributed by atoms with E-state index in [9.17, 15) is 9.18 Å². The molecular weight excluding hydrogens is 269 g/mol. The Labute approximate surface area is 122 Å². The molecule has 106 valence electrons. The minimum Gasteiger partial charge on any atom is -0.384 e. The van der Waals surface area contributed by atoms with E-state index < -0.39 is 11.7 Å². The van der Waals surface area contributed by atoms with Crippen LogP contribution >= 0.6 is 0 Å². The number of amides is 1. The molecule has 0 bridgehead atoms. The predicted octanol–water partition coefficient (Wildman–Crippen LogP) is 2.73. The number of hydrogen-bond donors (Lipinski definition) is 2. The Morgan fingerprint density at radius 2 is 2.05 bits per heavy atom. The Morgan fingerprint density at radius 1 is 1.29 bits per heavy atom. The molecule has 0 unspecified atom stereocenters. The summed E-state index contributed by atoms with van der Waals surface area (Å²) in [5, 5.41) is 11.3. The number of hydrogen-bond acceptors (Lipinski definition) is 2. The summed E-state index contributed by atoms with van der Waals surface area (Å²) in [6, 6.07) is 11.2. The van der Waals surface area contributed by atoms with Crippen LogP contribution in [0.15, 0.2) is 42.5 Å². The van der Waals surface area contributed by atoms with Crippen LogP contribution in [-0.4, -0.2) is 17.6 Å². The second-order valence-corrected chi connectivity index (χ2v) is 4.44. The summed E-state index contributed by atoms with van der Waals surface area (Å²) in [6.45, 7) is 1.53. The van der Waals surface area contributed by atoms with Crippen LogP contribution in [0.1, 0.15) is 21.5 Å². The normalized spacial score (nSPS) is 9.67. The Bertz CT molecular complexity index is 729. The minimum atomic E-state index is -0.493. The summed E-state index contributed by atoms with van der Waals surface area (Å²) in [5.74, 6) is 4.26. The van der Waals surface area contributed by atoms with Crippen LogP contribution in [0.5, 0.6) is 0 Å². The number of halogens is 1. The lowest BCUT2D eigenvalue weighted by Gasteiger charge is -2.08. The van der Waals surface area contributed by atoms with Gasteiger partial charge in [0.15, 0.2) is 0 Å². The highest BCUT2D eigenvalue weighted by Crippen LogP contribution is 2.17. The number of aliphatic hydroxyl groups is 1. The molecule has 0 aromatic heterocycles. The first-order valence-corrected chi connectivity index (χ1v) is 6.38. The summed E-state index contributed by atoms with van der Waals surface area (Å²) in [5.41, 5.74) is 1.79. The van der Waals surface area contributed by atoms with Gasteiger partial charge in [-0.3, -0.25) is 4.79 Å². The summed E-state index contributed by atoms with van der Waals surface area (Å²) >= 11 is 0. The lowest BCUT2D eigenvalue weighted by molar-refractivity contribution is 0.102. The second-order valence-electron chi connectivity index (χ2n) is 4.44. The highest BCUT2D eigenvalue weighted by atomic mass is 19.1. The number of carbonyl (C=O) groups is 1. The standard InChI is InChI=1S/C17H14FNO2/c1-12-8-9-15(18)16(11-12)19-17(21)14-7-3-2-5-13(14)6-4-10-20/h2-3,5,7-9,11,20H,10H2,1H3,(H,19,21). The maximum absolute atomic E-state index is 13.7. The summed E-state index contributed by atoms with van der Waals surface area (Å²) in [7, 11) is 0. The smallest absolute Gasteiger partial charge is 0.257 e. The fourth-order valence-corrected chi connectivity index (χ4v) is 1.85. The number of aliphatic hydroxyl groups excluding tert-OH is 1. The molecule has 0 atom stereocenters. The van der Waals surface area contributed by atoms with E-state index >= 15 is 0 Å². The maximum atomic E-state index is 13.7. The molecule has 0 saturated carbocycles. The zero-order valence-electron chi connectivity index (χ0n) is 11.5. The molecule has 2 N–H and O–H groups in total. The van der Waals surface area contributed by atoms with Crippen LogP contribution in [0.25, 0.3) is 0 Å². The van der Waals surface area contributed by atoms with Gasteiger partial charge in [-0.15, -0.1) is 0 Å². The van der Waals surface area contributed by atoms with Gasteiger partial charge in [0.25, 0.3) is 5.91 Å². The fraction of sp³-hybridized carbons (Fsp3) is 0.118. The third-order valence-electron chi connectivity index (χ3n) is 2.84. The van der Waals surface area contributed by atoms with Crippen molar-refractivity contribution in [1.29, 1.82) is 0 Å². The number of rotatable bonds is 2. The zero-order valence-corrected chi connectivity index (χ0v) is 11.5. The summed E-state index contributed by atoms with van der Waals surface area (Å²) in [6.07, 6.45) is 0. The Hall–Kier alpha value is -2.64. The Morgan fingerprint density at radius 3 is 2.81 bits per heavy atom. The number of benzene rings is 2. The number of anilines is 1. The maximum Gasteiger partial charge on any atom is 0.257 e. The lowest BCUT2D eigenvalue weighted by Crippen LogP contribution is -2.14. The molecule has 4 heteroatoms. The number of carbonyl (C=O) groups excluding carboxylic acids is 1. The molecule has 0 saturated heterocycles. The summed E-state index contributed by atoms with van der Waals surface area (Å²) < 4.78 is 13.7. The van der Waals surface area contributed by atoms with Gasteiger partial charge in [-0.1, -0.05) is 30.0 Å². The van der Waals surface area contributed by atoms with Crippen molar-refractivity contribution in [3.8, 4) is 11.8 Å². The van der Waals surface area contributed by atoms with E-state index in [0.29, 0.717) is 11.1 Å². The van der Waals surface area contributed by atoms with Crippen molar-refractivity contribution in [1.82, 2.24) is 0 Å².